The molecule has 1 unspecified atom stereocenters. The second kappa shape index (κ2) is 11.7. The van der Waals surface area contributed by atoms with Crippen molar-refractivity contribution < 1.29 is 22.7 Å². The number of sulfonamides is 1. The van der Waals surface area contributed by atoms with Crippen LogP contribution in [0.5, 0.6) is 5.75 Å². The van der Waals surface area contributed by atoms with Gasteiger partial charge in [0, 0.05) is 32.4 Å². The monoisotopic (exact) mass is 489 g/mol. The number of carbonyl (C=O) groups excluding carboxylic acids is 1. The Hall–Kier alpha value is -2.62. The molecule has 0 aliphatic carbocycles. The zero-order valence-corrected chi connectivity index (χ0v) is 21.2. The number of methoxy groups -OCH3 is 1. The van der Waals surface area contributed by atoms with Crippen LogP contribution in [0, 0.1) is 5.92 Å². The number of anilines is 1. The predicted octanol–water partition coefficient (Wildman–Crippen LogP) is 2.88. The summed E-state index contributed by atoms with van der Waals surface area (Å²) in [5.74, 6) is 0.435. The first-order valence-electron chi connectivity index (χ1n) is 11.5. The third-order valence-corrected chi connectivity index (χ3v) is 7.27. The summed E-state index contributed by atoms with van der Waals surface area (Å²) < 4.78 is 39.0. The van der Waals surface area contributed by atoms with Crippen LogP contribution in [0.3, 0.4) is 0 Å². The third-order valence-electron chi connectivity index (χ3n) is 5.78. The van der Waals surface area contributed by atoms with Crippen molar-refractivity contribution in [3.05, 3.63) is 54.1 Å². The van der Waals surface area contributed by atoms with Crippen LogP contribution in [0.4, 0.5) is 5.69 Å². The number of nitrogens with zero attached hydrogens (tertiary/aromatic N) is 2. The lowest BCUT2D eigenvalue weighted by Crippen LogP contribution is -2.47. The highest BCUT2D eigenvalue weighted by Crippen LogP contribution is 2.20. The van der Waals surface area contributed by atoms with Gasteiger partial charge in [-0.1, -0.05) is 26.0 Å². The Bertz CT molecular complexity index is 1030. The summed E-state index contributed by atoms with van der Waals surface area (Å²) in [6.07, 6.45) is 0.397. The molecule has 0 bridgehead atoms. The first-order valence-corrected chi connectivity index (χ1v) is 13.0. The standard InChI is InChI=1S/C25H35N3O5S/c1-19(2)17-24(26-34(30,31)23-11-9-22(32-4)10-12-23)25(29)27(3)18-20-5-7-21(8-6-20)28-13-15-33-16-14-28/h5-12,19,24,26H,13-18H2,1-4H3. The summed E-state index contributed by atoms with van der Waals surface area (Å²) >= 11 is 0. The smallest absolute Gasteiger partial charge is 0.241 e. The van der Waals surface area contributed by atoms with Crippen molar-refractivity contribution >= 4 is 21.6 Å². The topological polar surface area (TPSA) is 88.2 Å². The van der Waals surface area contributed by atoms with Gasteiger partial charge >= 0.3 is 0 Å². The molecular formula is C25H35N3O5S. The Morgan fingerprint density at radius 3 is 2.26 bits per heavy atom. The fraction of sp³-hybridized carbons (Fsp3) is 0.480. The van der Waals surface area contributed by atoms with E-state index in [0.29, 0.717) is 18.7 Å². The van der Waals surface area contributed by atoms with E-state index in [4.69, 9.17) is 9.47 Å². The van der Waals surface area contributed by atoms with E-state index < -0.39 is 16.1 Å². The molecule has 9 heteroatoms. The van der Waals surface area contributed by atoms with E-state index in [1.165, 1.54) is 19.2 Å². The summed E-state index contributed by atoms with van der Waals surface area (Å²) in [6, 6.07) is 13.4. The fourth-order valence-corrected chi connectivity index (χ4v) is 5.13. The maximum absolute atomic E-state index is 13.3. The van der Waals surface area contributed by atoms with Crippen molar-refractivity contribution in [2.45, 2.75) is 37.8 Å². The zero-order chi connectivity index (χ0) is 24.7. The Balaban J connectivity index is 1.68. The van der Waals surface area contributed by atoms with Crippen LogP contribution in [0.2, 0.25) is 0 Å². The van der Waals surface area contributed by atoms with Gasteiger partial charge in [-0.2, -0.15) is 4.72 Å². The fourth-order valence-electron chi connectivity index (χ4n) is 3.93. The first kappa shape index (κ1) is 26.0. The van der Waals surface area contributed by atoms with Crippen LogP contribution < -0.4 is 14.4 Å². The molecule has 1 aliphatic rings. The number of hydrogen-bond acceptors (Lipinski definition) is 6. The molecular weight excluding hydrogens is 454 g/mol. The minimum absolute atomic E-state index is 0.0937. The summed E-state index contributed by atoms with van der Waals surface area (Å²) in [6.45, 7) is 7.50. The van der Waals surface area contributed by atoms with Gasteiger partial charge in [0.1, 0.15) is 11.8 Å². The number of likely N-dealkylation sites (N-methyl/N-ethyl adjacent to an activating group) is 1. The molecule has 1 atom stereocenters. The predicted molar refractivity (Wildman–Crippen MR) is 133 cm³/mol. The Morgan fingerprint density at radius 2 is 1.71 bits per heavy atom. The minimum atomic E-state index is -3.87. The molecule has 0 radical (unpaired) electrons. The minimum Gasteiger partial charge on any atom is -0.497 e. The molecule has 1 amide bonds. The van der Waals surface area contributed by atoms with Gasteiger partial charge in [-0.05, 0) is 54.3 Å². The second-order valence-corrected chi connectivity index (χ2v) is 10.7. The van der Waals surface area contributed by atoms with Crippen LogP contribution in [0.1, 0.15) is 25.8 Å². The van der Waals surface area contributed by atoms with Gasteiger partial charge in [0.05, 0.1) is 25.2 Å². The van der Waals surface area contributed by atoms with Gasteiger partial charge in [0.15, 0.2) is 0 Å². The van der Waals surface area contributed by atoms with Crippen LogP contribution >= 0.6 is 0 Å². The molecule has 8 nitrogen and oxygen atoms in total. The largest absolute Gasteiger partial charge is 0.497 e. The molecule has 0 spiro atoms. The molecule has 1 saturated heterocycles. The number of nitrogens with one attached hydrogen (secondary N) is 1. The Labute approximate surface area is 202 Å². The zero-order valence-electron chi connectivity index (χ0n) is 20.4. The normalized spacial score (nSPS) is 15.3. The van der Waals surface area contributed by atoms with Crippen LogP contribution in [0.25, 0.3) is 0 Å². The summed E-state index contributed by atoms with van der Waals surface area (Å²) in [7, 11) is -0.648. The van der Waals surface area contributed by atoms with E-state index in [1.807, 2.05) is 26.0 Å². The van der Waals surface area contributed by atoms with Gasteiger partial charge in [-0.15, -0.1) is 0 Å². The van der Waals surface area contributed by atoms with Crippen molar-refractivity contribution in [3.8, 4) is 5.75 Å². The first-order chi connectivity index (χ1) is 16.2. The lowest BCUT2D eigenvalue weighted by atomic mass is 10.0. The average Bonchev–Trinajstić information content (AvgIpc) is 2.83. The van der Waals surface area contributed by atoms with Gasteiger partial charge in [-0.3, -0.25) is 4.79 Å². The summed E-state index contributed by atoms with van der Waals surface area (Å²) in [5.41, 5.74) is 2.11. The van der Waals surface area contributed by atoms with Crippen LogP contribution in [-0.4, -0.2) is 65.7 Å². The van der Waals surface area contributed by atoms with Gasteiger partial charge < -0.3 is 19.3 Å². The van der Waals surface area contributed by atoms with Crippen molar-refractivity contribution in [2.24, 2.45) is 5.92 Å². The van der Waals surface area contributed by atoms with Crippen molar-refractivity contribution in [1.82, 2.24) is 9.62 Å². The molecule has 186 valence electrons. The van der Waals surface area contributed by atoms with E-state index in [1.54, 1.807) is 24.1 Å². The van der Waals surface area contributed by atoms with E-state index in [0.717, 1.165) is 37.6 Å². The van der Waals surface area contributed by atoms with Crippen LogP contribution in [0.15, 0.2) is 53.4 Å². The van der Waals surface area contributed by atoms with E-state index in [9.17, 15) is 13.2 Å². The molecule has 34 heavy (non-hydrogen) atoms. The average molecular weight is 490 g/mol. The van der Waals surface area contributed by atoms with Gasteiger partial charge in [0.2, 0.25) is 15.9 Å². The molecule has 1 N–H and O–H groups in total. The molecule has 1 fully saturated rings. The number of rotatable bonds is 10. The van der Waals surface area contributed by atoms with Crippen molar-refractivity contribution in [3.63, 3.8) is 0 Å². The maximum atomic E-state index is 13.3. The number of hydrogen-bond donors (Lipinski definition) is 1. The summed E-state index contributed by atoms with van der Waals surface area (Å²) in [4.78, 5) is 17.2. The van der Waals surface area contributed by atoms with Gasteiger partial charge in [0.25, 0.3) is 0 Å². The van der Waals surface area contributed by atoms with E-state index in [-0.39, 0.29) is 16.7 Å². The molecule has 1 heterocycles. The summed E-state index contributed by atoms with van der Waals surface area (Å²) in [5, 5.41) is 0. The molecule has 1 aliphatic heterocycles. The number of amides is 1. The Kier molecular flexibility index (Phi) is 8.93. The highest BCUT2D eigenvalue weighted by molar-refractivity contribution is 7.89. The highest BCUT2D eigenvalue weighted by atomic mass is 32.2. The Morgan fingerprint density at radius 1 is 1.09 bits per heavy atom. The van der Waals surface area contributed by atoms with E-state index >= 15 is 0 Å². The number of benzene rings is 2. The number of morpholine rings is 1. The van der Waals surface area contributed by atoms with Crippen molar-refractivity contribution in [1.29, 1.82) is 0 Å². The quantitative estimate of drug-likeness (QED) is 0.552. The molecule has 2 aromatic rings. The van der Waals surface area contributed by atoms with E-state index in [2.05, 4.69) is 21.8 Å². The second-order valence-electron chi connectivity index (χ2n) is 8.94. The van der Waals surface area contributed by atoms with Crippen molar-refractivity contribution in [2.75, 3.05) is 45.4 Å². The number of ether oxygens (including phenoxy) is 2. The van der Waals surface area contributed by atoms with Gasteiger partial charge in [-0.25, -0.2) is 8.42 Å². The molecule has 0 aromatic heterocycles. The number of carbonyl (C=O) groups is 1. The molecule has 0 saturated carbocycles. The third kappa shape index (κ3) is 6.94. The van der Waals surface area contributed by atoms with Crippen LogP contribution in [-0.2, 0) is 26.1 Å². The lowest BCUT2D eigenvalue weighted by Gasteiger charge is -2.29. The SMILES string of the molecule is COc1ccc(S(=O)(=O)NC(CC(C)C)C(=O)N(C)Cc2ccc(N3CCOCC3)cc2)cc1. The lowest BCUT2D eigenvalue weighted by molar-refractivity contribution is -0.132. The molecule has 2 aromatic carbocycles. The maximum Gasteiger partial charge on any atom is 0.241 e. The molecule has 3 rings (SSSR count). The highest BCUT2D eigenvalue weighted by Gasteiger charge is 2.29.